The van der Waals surface area contributed by atoms with Crippen molar-refractivity contribution in [1.82, 2.24) is 0 Å². The molecule has 0 saturated heterocycles. The molecule has 74 valence electrons. The van der Waals surface area contributed by atoms with Crippen LogP contribution in [0.1, 0.15) is 45.4 Å². The van der Waals surface area contributed by atoms with Gasteiger partial charge in [0.15, 0.2) is 0 Å². The van der Waals surface area contributed by atoms with Crippen molar-refractivity contribution in [3.8, 4) is 0 Å². The van der Waals surface area contributed by atoms with E-state index in [4.69, 9.17) is 0 Å². The van der Waals surface area contributed by atoms with Crippen molar-refractivity contribution >= 4 is 0 Å². The van der Waals surface area contributed by atoms with Gasteiger partial charge in [0.25, 0.3) is 0 Å². The van der Waals surface area contributed by atoms with Gasteiger partial charge in [-0.2, -0.15) is 0 Å². The van der Waals surface area contributed by atoms with E-state index in [0.717, 1.165) is 11.8 Å². The molecule has 3 fully saturated rings. The van der Waals surface area contributed by atoms with Gasteiger partial charge in [0, 0.05) is 0 Å². The molecule has 4 unspecified atom stereocenters. The zero-order valence-electron chi connectivity index (χ0n) is 8.50. The van der Waals surface area contributed by atoms with E-state index in [2.05, 4.69) is 6.92 Å². The number of hydrogen-bond donors (Lipinski definition) is 1. The van der Waals surface area contributed by atoms with Crippen LogP contribution in [0, 0.1) is 23.7 Å². The molecule has 0 aliphatic heterocycles. The molecule has 0 radical (unpaired) electrons. The molecule has 3 saturated carbocycles. The Kier molecular flexibility index (Phi) is 1.59. The second kappa shape index (κ2) is 2.50. The predicted octanol–water partition coefficient (Wildman–Crippen LogP) is 2.58. The molecule has 3 rings (SSSR count). The monoisotopic (exact) mass is 180 g/mol. The summed E-state index contributed by atoms with van der Waals surface area (Å²) in [7, 11) is 0. The van der Waals surface area contributed by atoms with Gasteiger partial charge in [0.1, 0.15) is 0 Å². The number of fused-ring (bicyclic) bond motifs is 6. The molecular formula is C12H20O. The first kappa shape index (κ1) is 8.28. The Morgan fingerprint density at radius 1 is 1.00 bits per heavy atom. The van der Waals surface area contributed by atoms with E-state index >= 15 is 0 Å². The molecule has 4 atom stereocenters. The Hall–Kier alpha value is -0.0400. The van der Waals surface area contributed by atoms with Crippen molar-refractivity contribution in [1.29, 1.82) is 0 Å². The Balaban J connectivity index is 1.99. The molecule has 0 amide bonds. The van der Waals surface area contributed by atoms with Gasteiger partial charge in [-0.3, -0.25) is 0 Å². The summed E-state index contributed by atoms with van der Waals surface area (Å²) in [5, 5.41) is 10.5. The molecule has 3 aliphatic carbocycles. The normalized spacial score (nSPS) is 59.5. The van der Waals surface area contributed by atoms with Crippen molar-refractivity contribution in [3.63, 3.8) is 0 Å². The standard InChI is InChI=1S/C12H20O/c1-12(13)10-3-2-4-11(12)9-6-5-8(10)7-9/h8-11,13H,2-7H2,1H3. The summed E-state index contributed by atoms with van der Waals surface area (Å²) in [5.74, 6) is 3.03. The van der Waals surface area contributed by atoms with Crippen LogP contribution in [0.4, 0.5) is 0 Å². The fourth-order valence-corrected chi connectivity index (χ4v) is 4.63. The summed E-state index contributed by atoms with van der Waals surface area (Å²) in [5.41, 5.74) is -0.303. The Labute approximate surface area is 80.5 Å². The third-order valence-corrected chi connectivity index (χ3v) is 5.18. The predicted molar refractivity (Wildman–Crippen MR) is 52.3 cm³/mol. The average molecular weight is 180 g/mol. The van der Waals surface area contributed by atoms with Crippen molar-refractivity contribution in [2.24, 2.45) is 23.7 Å². The molecule has 0 aromatic heterocycles. The summed E-state index contributed by atoms with van der Waals surface area (Å²) in [6, 6.07) is 0. The molecule has 13 heavy (non-hydrogen) atoms. The van der Waals surface area contributed by atoms with Gasteiger partial charge in [-0.05, 0) is 62.7 Å². The lowest BCUT2D eigenvalue weighted by molar-refractivity contribution is -0.134. The van der Waals surface area contributed by atoms with Crippen LogP contribution in [0.2, 0.25) is 0 Å². The molecule has 0 aromatic rings. The van der Waals surface area contributed by atoms with Gasteiger partial charge in [-0.1, -0.05) is 6.42 Å². The van der Waals surface area contributed by atoms with E-state index < -0.39 is 0 Å². The molecule has 1 heteroatoms. The van der Waals surface area contributed by atoms with Gasteiger partial charge in [-0.15, -0.1) is 0 Å². The van der Waals surface area contributed by atoms with Crippen LogP contribution in [0.25, 0.3) is 0 Å². The molecule has 3 aliphatic rings. The van der Waals surface area contributed by atoms with Crippen LogP contribution in [0.5, 0.6) is 0 Å². The minimum atomic E-state index is -0.303. The fraction of sp³-hybridized carbons (Fsp3) is 1.00. The summed E-state index contributed by atoms with van der Waals surface area (Å²) in [4.78, 5) is 0. The summed E-state index contributed by atoms with van der Waals surface area (Å²) >= 11 is 0. The van der Waals surface area contributed by atoms with Crippen LogP contribution in [0.15, 0.2) is 0 Å². The van der Waals surface area contributed by atoms with Crippen molar-refractivity contribution in [2.75, 3.05) is 0 Å². The minimum Gasteiger partial charge on any atom is -0.390 e. The van der Waals surface area contributed by atoms with Crippen molar-refractivity contribution in [3.05, 3.63) is 0 Å². The second-order valence-electron chi connectivity index (χ2n) is 5.70. The fourth-order valence-electron chi connectivity index (χ4n) is 4.63. The third kappa shape index (κ3) is 0.971. The highest BCUT2D eigenvalue weighted by atomic mass is 16.3. The Morgan fingerprint density at radius 2 is 1.54 bits per heavy atom. The first-order chi connectivity index (χ1) is 6.19. The first-order valence-electron chi connectivity index (χ1n) is 5.92. The molecule has 0 heterocycles. The average Bonchev–Trinajstić information content (AvgIpc) is 2.45. The maximum Gasteiger partial charge on any atom is 0.0681 e. The maximum absolute atomic E-state index is 10.5. The smallest absolute Gasteiger partial charge is 0.0681 e. The topological polar surface area (TPSA) is 20.2 Å². The Bertz CT molecular complexity index is 201. The minimum absolute atomic E-state index is 0.303. The lowest BCUT2D eigenvalue weighted by Crippen LogP contribution is -2.52. The molecule has 1 nitrogen and oxygen atoms in total. The van der Waals surface area contributed by atoms with Gasteiger partial charge in [0.05, 0.1) is 5.60 Å². The maximum atomic E-state index is 10.5. The summed E-state index contributed by atoms with van der Waals surface area (Å²) < 4.78 is 0. The number of rotatable bonds is 0. The highest BCUT2D eigenvalue weighted by Gasteiger charge is 2.55. The van der Waals surface area contributed by atoms with Gasteiger partial charge in [0.2, 0.25) is 0 Å². The van der Waals surface area contributed by atoms with E-state index in [1.807, 2.05) is 0 Å². The summed E-state index contributed by atoms with van der Waals surface area (Å²) in [6.07, 6.45) is 8.20. The highest BCUT2D eigenvalue weighted by molar-refractivity contribution is 5.05. The van der Waals surface area contributed by atoms with Gasteiger partial charge < -0.3 is 5.11 Å². The lowest BCUT2D eigenvalue weighted by atomic mass is 9.57. The third-order valence-electron chi connectivity index (χ3n) is 5.18. The van der Waals surface area contributed by atoms with Crippen LogP contribution >= 0.6 is 0 Å². The Morgan fingerprint density at radius 3 is 2.08 bits per heavy atom. The number of aliphatic hydroxyl groups is 1. The van der Waals surface area contributed by atoms with Crippen molar-refractivity contribution < 1.29 is 5.11 Å². The molecule has 4 bridgehead atoms. The van der Waals surface area contributed by atoms with E-state index in [9.17, 15) is 5.11 Å². The van der Waals surface area contributed by atoms with Crippen LogP contribution in [-0.4, -0.2) is 10.7 Å². The SMILES string of the molecule is CC1(O)C2CCCC1C1CCC2C1. The van der Waals surface area contributed by atoms with Gasteiger partial charge >= 0.3 is 0 Å². The van der Waals surface area contributed by atoms with Gasteiger partial charge in [-0.25, -0.2) is 0 Å². The van der Waals surface area contributed by atoms with Crippen LogP contribution in [0.3, 0.4) is 0 Å². The molecular weight excluding hydrogens is 160 g/mol. The molecule has 0 spiro atoms. The van der Waals surface area contributed by atoms with Crippen molar-refractivity contribution in [2.45, 2.75) is 51.0 Å². The zero-order chi connectivity index (χ0) is 9.05. The molecule has 0 aromatic carbocycles. The highest BCUT2D eigenvalue weighted by Crippen LogP contribution is 2.58. The second-order valence-corrected chi connectivity index (χ2v) is 5.70. The lowest BCUT2D eigenvalue weighted by Gasteiger charge is -2.51. The zero-order valence-corrected chi connectivity index (χ0v) is 8.50. The summed E-state index contributed by atoms with van der Waals surface area (Å²) in [6.45, 7) is 2.12. The number of hydrogen-bond acceptors (Lipinski definition) is 1. The van der Waals surface area contributed by atoms with E-state index in [1.54, 1.807) is 0 Å². The quantitative estimate of drug-likeness (QED) is 0.607. The largest absolute Gasteiger partial charge is 0.390 e. The van der Waals surface area contributed by atoms with E-state index in [1.165, 1.54) is 38.5 Å². The van der Waals surface area contributed by atoms with E-state index in [-0.39, 0.29) is 5.60 Å². The molecule has 1 N–H and O–H groups in total. The van der Waals surface area contributed by atoms with Crippen LogP contribution < -0.4 is 0 Å². The van der Waals surface area contributed by atoms with E-state index in [0.29, 0.717) is 11.8 Å². The first-order valence-corrected chi connectivity index (χ1v) is 5.92. The van der Waals surface area contributed by atoms with Crippen LogP contribution in [-0.2, 0) is 0 Å².